The van der Waals surface area contributed by atoms with E-state index in [0.717, 1.165) is 22.2 Å². The molecule has 5 aromatic rings. The number of halogens is 1. The van der Waals surface area contributed by atoms with Gasteiger partial charge in [0.25, 0.3) is 5.91 Å². The number of carbonyl (C=O) groups is 2. The molecule has 0 radical (unpaired) electrons. The SMILES string of the molecule is O=C(N[C@H]1CC(=O)N(c2ccc3c(cnn3-c3ccc(F)cc3)c2)[C@@H]1c1ccccc1)c1ncccn1. The summed E-state index contributed by atoms with van der Waals surface area (Å²) in [5.41, 5.74) is 3.14. The van der Waals surface area contributed by atoms with Gasteiger partial charge in [-0.1, -0.05) is 30.3 Å². The van der Waals surface area contributed by atoms with Crippen molar-refractivity contribution in [1.29, 1.82) is 0 Å². The van der Waals surface area contributed by atoms with Crippen molar-refractivity contribution in [3.05, 3.63) is 115 Å². The zero-order valence-electron chi connectivity index (χ0n) is 19.5. The van der Waals surface area contributed by atoms with Crippen LogP contribution < -0.4 is 10.2 Å². The first-order valence-electron chi connectivity index (χ1n) is 11.8. The van der Waals surface area contributed by atoms with Crippen LogP contribution in [-0.4, -0.2) is 37.6 Å². The van der Waals surface area contributed by atoms with E-state index in [1.54, 1.807) is 34.0 Å². The number of hydrogen-bond donors (Lipinski definition) is 1. The fourth-order valence-electron chi connectivity index (χ4n) is 4.81. The molecule has 2 amide bonds. The van der Waals surface area contributed by atoms with Crippen molar-refractivity contribution in [3.63, 3.8) is 0 Å². The Bertz CT molecular complexity index is 1590. The largest absolute Gasteiger partial charge is 0.344 e. The fraction of sp³-hybridized carbons (Fsp3) is 0.107. The Labute approximate surface area is 211 Å². The topological polar surface area (TPSA) is 93.0 Å². The molecule has 0 unspecified atom stereocenters. The van der Waals surface area contributed by atoms with E-state index in [-0.39, 0.29) is 24.0 Å². The highest BCUT2D eigenvalue weighted by atomic mass is 19.1. The molecular weight excluding hydrogens is 471 g/mol. The summed E-state index contributed by atoms with van der Waals surface area (Å²) in [5.74, 6) is -0.812. The summed E-state index contributed by atoms with van der Waals surface area (Å²) in [6.07, 6.45) is 4.85. The molecule has 3 heterocycles. The average molecular weight is 493 g/mol. The third-order valence-corrected chi connectivity index (χ3v) is 6.45. The van der Waals surface area contributed by atoms with Gasteiger partial charge in [0.2, 0.25) is 11.7 Å². The summed E-state index contributed by atoms with van der Waals surface area (Å²) >= 11 is 0. The first-order valence-corrected chi connectivity index (χ1v) is 11.8. The highest BCUT2D eigenvalue weighted by molar-refractivity contribution is 6.00. The normalized spacial score (nSPS) is 17.3. The molecule has 1 fully saturated rings. The number of carbonyl (C=O) groups excluding carboxylic acids is 2. The van der Waals surface area contributed by atoms with Gasteiger partial charge in [0, 0.05) is 29.9 Å². The lowest BCUT2D eigenvalue weighted by Gasteiger charge is -2.29. The number of anilines is 1. The summed E-state index contributed by atoms with van der Waals surface area (Å²) in [6.45, 7) is 0. The molecule has 0 saturated carbocycles. The lowest BCUT2D eigenvalue weighted by atomic mass is 9.99. The Hall–Kier alpha value is -4.92. The quantitative estimate of drug-likeness (QED) is 0.396. The van der Waals surface area contributed by atoms with Crippen LogP contribution in [0.1, 0.15) is 28.6 Å². The maximum absolute atomic E-state index is 13.4. The van der Waals surface area contributed by atoms with Gasteiger partial charge in [-0.05, 0) is 54.1 Å². The number of nitrogens with zero attached hydrogens (tertiary/aromatic N) is 5. The second-order valence-electron chi connectivity index (χ2n) is 8.75. The Morgan fingerprint density at radius 1 is 0.919 bits per heavy atom. The van der Waals surface area contributed by atoms with E-state index in [2.05, 4.69) is 20.4 Å². The summed E-state index contributed by atoms with van der Waals surface area (Å²) in [5, 5.41) is 8.26. The van der Waals surface area contributed by atoms with E-state index in [9.17, 15) is 14.0 Å². The van der Waals surface area contributed by atoms with Crippen molar-refractivity contribution in [3.8, 4) is 5.69 Å². The van der Waals surface area contributed by atoms with E-state index >= 15 is 0 Å². The lowest BCUT2D eigenvalue weighted by Crippen LogP contribution is -2.40. The van der Waals surface area contributed by atoms with Crippen LogP contribution >= 0.6 is 0 Å². The smallest absolute Gasteiger partial charge is 0.289 e. The minimum Gasteiger partial charge on any atom is -0.344 e. The van der Waals surface area contributed by atoms with Gasteiger partial charge in [0.05, 0.1) is 29.5 Å². The number of rotatable bonds is 5. The zero-order chi connectivity index (χ0) is 25.4. The van der Waals surface area contributed by atoms with Crippen LogP contribution in [0.4, 0.5) is 10.1 Å². The highest BCUT2D eigenvalue weighted by Crippen LogP contribution is 2.38. The van der Waals surface area contributed by atoms with Crippen molar-refractivity contribution < 1.29 is 14.0 Å². The molecule has 0 spiro atoms. The summed E-state index contributed by atoms with van der Waals surface area (Å²) in [7, 11) is 0. The maximum atomic E-state index is 13.4. The number of amides is 2. The van der Waals surface area contributed by atoms with Gasteiger partial charge in [-0.15, -0.1) is 0 Å². The monoisotopic (exact) mass is 492 g/mol. The second-order valence-corrected chi connectivity index (χ2v) is 8.75. The third kappa shape index (κ3) is 4.20. The van der Waals surface area contributed by atoms with E-state index in [1.807, 2.05) is 48.5 Å². The summed E-state index contributed by atoms with van der Waals surface area (Å²) in [6, 6.07) is 22.1. The van der Waals surface area contributed by atoms with E-state index < -0.39 is 18.0 Å². The molecule has 1 saturated heterocycles. The van der Waals surface area contributed by atoms with Crippen molar-refractivity contribution in [2.24, 2.45) is 0 Å². The molecule has 1 aliphatic heterocycles. The minimum atomic E-state index is -0.483. The molecule has 2 aromatic heterocycles. The first-order chi connectivity index (χ1) is 18.1. The van der Waals surface area contributed by atoms with Gasteiger partial charge in [-0.2, -0.15) is 5.10 Å². The second kappa shape index (κ2) is 9.27. The molecule has 182 valence electrons. The fourth-order valence-corrected chi connectivity index (χ4v) is 4.81. The summed E-state index contributed by atoms with van der Waals surface area (Å²) in [4.78, 5) is 36.0. The average Bonchev–Trinajstić information content (AvgIpc) is 3.50. The predicted octanol–water partition coefficient (Wildman–Crippen LogP) is 4.23. The van der Waals surface area contributed by atoms with Crippen LogP contribution in [0.15, 0.2) is 97.5 Å². The van der Waals surface area contributed by atoms with Gasteiger partial charge in [-0.3, -0.25) is 9.59 Å². The van der Waals surface area contributed by atoms with Gasteiger partial charge in [0.1, 0.15) is 5.82 Å². The van der Waals surface area contributed by atoms with Gasteiger partial charge < -0.3 is 10.2 Å². The number of hydrogen-bond acceptors (Lipinski definition) is 5. The van der Waals surface area contributed by atoms with Crippen LogP contribution in [0, 0.1) is 5.82 Å². The lowest BCUT2D eigenvalue weighted by molar-refractivity contribution is -0.117. The Morgan fingerprint density at radius 2 is 1.65 bits per heavy atom. The number of benzene rings is 3. The summed E-state index contributed by atoms with van der Waals surface area (Å²) < 4.78 is 15.1. The maximum Gasteiger partial charge on any atom is 0.289 e. The molecule has 3 aromatic carbocycles. The molecule has 8 nitrogen and oxygen atoms in total. The molecular formula is C28H21FN6O2. The number of nitrogens with one attached hydrogen (secondary N) is 1. The molecule has 37 heavy (non-hydrogen) atoms. The van der Waals surface area contributed by atoms with Crippen LogP contribution in [0.25, 0.3) is 16.6 Å². The van der Waals surface area contributed by atoms with Crippen molar-refractivity contribution in [1.82, 2.24) is 25.1 Å². The van der Waals surface area contributed by atoms with Gasteiger partial charge in [0.15, 0.2) is 0 Å². The zero-order valence-corrected chi connectivity index (χ0v) is 19.5. The van der Waals surface area contributed by atoms with Gasteiger partial charge >= 0.3 is 0 Å². The molecule has 1 aliphatic rings. The Morgan fingerprint density at radius 3 is 2.41 bits per heavy atom. The molecule has 9 heteroatoms. The number of aromatic nitrogens is 4. The third-order valence-electron chi connectivity index (χ3n) is 6.45. The van der Waals surface area contributed by atoms with E-state index in [1.165, 1.54) is 24.5 Å². The predicted molar refractivity (Wildman–Crippen MR) is 136 cm³/mol. The van der Waals surface area contributed by atoms with Crippen molar-refractivity contribution >= 4 is 28.4 Å². The number of fused-ring (bicyclic) bond motifs is 1. The van der Waals surface area contributed by atoms with Crippen LogP contribution in [-0.2, 0) is 4.79 Å². The molecule has 1 N–H and O–H groups in total. The van der Waals surface area contributed by atoms with Gasteiger partial charge in [-0.25, -0.2) is 19.0 Å². The standard InChI is InChI=1S/C28H21FN6O2/c29-20-7-9-21(10-8-20)35-24-12-11-22(15-19(24)17-32-35)34-25(36)16-23(26(34)18-5-2-1-3-6-18)33-28(37)27-30-13-4-14-31-27/h1-15,17,23,26H,16H2,(H,33,37)/t23-,26+/m0/s1. The van der Waals surface area contributed by atoms with Crippen molar-refractivity contribution in [2.45, 2.75) is 18.5 Å². The molecule has 6 rings (SSSR count). The van der Waals surface area contributed by atoms with E-state index in [0.29, 0.717) is 5.69 Å². The van der Waals surface area contributed by atoms with Crippen molar-refractivity contribution in [2.75, 3.05) is 4.90 Å². The minimum absolute atomic E-state index is 0.0508. The molecule has 2 atom stereocenters. The van der Waals surface area contributed by atoms with E-state index in [4.69, 9.17) is 0 Å². The highest BCUT2D eigenvalue weighted by Gasteiger charge is 2.42. The van der Waals surface area contributed by atoms with Crippen LogP contribution in [0.3, 0.4) is 0 Å². The first kappa shape index (κ1) is 22.5. The van der Waals surface area contributed by atoms with Crippen LogP contribution in [0.5, 0.6) is 0 Å². The van der Waals surface area contributed by atoms with Crippen LogP contribution in [0.2, 0.25) is 0 Å². The molecule has 0 bridgehead atoms. The Balaban J connectivity index is 1.36. The Kier molecular flexibility index (Phi) is 5.65. The molecule has 0 aliphatic carbocycles.